The molecule has 0 aliphatic rings. The van der Waals surface area contributed by atoms with Crippen molar-refractivity contribution in [3.05, 3.63) is 35.4 Å². The topological polar surface area (TPSA) is 35.5 Å². The van der Waals surface area contributed by atoms with Crippen LogP contribution in [0, 0.1) is 6.92 Å². The van der Waals surface area contributed by atoms with Gasteiger partial charge >= 0.3 is 5.97 Å². The van der Waals surface area contributed by atoms with Crippen LogP contribution in [0.4, 0.5) is 0 Å². The molecule has 0 saturated heterocycles. The summed E-state index contributed by atoms with van der Waals surface area (Å²) < 4.78 is 9.85. The second-order valence-electron chi connectivity index (χ2n) is 3.13. The fourth-order valence-electron chi connectivity index (χ4n) is 1.44. The van der Waals surface area contributed by atoms with E-state index in [1.165, 1.54) is 14.2 Å². The molecule has 0 aromatic heterocycles. The molecule has 0 atom stereocenters. The Bertz CT molecular complexity index is 394. The van der Waals surface area contributed by atoms with Crippen molar-refractivity contribution in [3.8, 4) is 5.75 Å². The van der Waals surface area contributed by atoms with Gasteiger partial charge in [-0.05, 0) is 24.6 Å². The van der Waals surface area contributed by atoms with Gasteiger partial charge < -0.3 is 9.47 Å². The molecule has 0 heterocycles. The van der Waals surface area contributed by atoms with Crippen molar-refractivity contribution in [2.24, 2.45) is 0 Å². The van der Waals surface area contributed by atoms with E-state index in [9.17, 15) is 4.79 Å². The SMILES string of the molecule is C=Cc1cc(C)cc(C(=O)OC)c1OC. The number of hydrogen-bond donors (Lipinski definition) is 0. The van der Waals surface area contributed by atoms with Crippen molar-refractivity contribution < 1.29 is 14.3 Å². The van der Waals surface area contributed by atoms with Gasteiger partial charge in [-0.25, -0.2) is 4.79 Å². The third-order valence-corrected chi connectivity index (χ3v) is 2.09. The fourth-order valence-corrected chi connectivity index (χ4v) is 1.44. The molecule has 0 aliphatic carbocycles. The lowest BCUT2D eigenvalue weighted by Gasteiger charge is -2.11. The minimum absolute atomic E-state index is 0.404. The molecule has 0 radical (unpaired) electrons. The monoisotopic (exact) mass is 206 g/mol. The minimum Gasteiger partial charge on any atom is -0.495 e. The van der Waals surface area contributed by atoms with E-state index >= 15 is 0 Å². The van der Waals surface area contributed by atoms with Crippen molar-refractivity contribution in [2.45, 2.75) is 6.92 Å². The molecule has 15 heavy (non-hydrogen) atoms. The lowest BCUT2D eigenvalue weighted by molar-refractivity contribution is 0.0597. The molecule has 0 unspecified atom stereocenters. The normalized spacial score (nSPS) is 9.53. The van der Waals surface area contributed by atoms with Gasteiger partial charge in [-0.2, -0.15) is 0 Å². The molecular weight excluding hydrogens is 192 g/mol. The van der Waals surface area contributed by atoms with Gasteiger partial charge in [-0.15, -0.1) is 0 Å². The first-order valence-electron chi connectivity index (χ1n) is 4.53. The Kier molecular flexibility index (Phi) is 3.50. The Morgan fingerprint density at radius 1 is 1.40 bits per heavy atom. The number of carbonyl (C=O) groups is 1. The molecule has 0 N–H and O–H groups in total. The van der Waals surface area contributed by atoms with Crippen molar-refractivity contribution in [2.75, 3.05) is 14.2 Å². The summed E-state index contributed by atoms with van der Waals surface area (Å²) >= 11 is 0. The van der Waals surface area contributed by atoms with Crippen molar-refractivity contribution in [3.63, 3.8) is 0 Å². The van der Waals surface area contributed by atoms with Crippen LogP contribution in [0.2, 0.25) is 0 Å². The van der Waals surface area contributed by atoms with Gasteiger partial charge in [0.2, 0.25) is 0 Å². The largest absolute Gasteiger partial charge is 0.495 e. The smallest absolute Gasteiger partial charge is 0.341 e. The maximum absolute atomic E-state index is 11.5. The highest BCUT2D eigenvalue weighted by Crippen LogP contribution is 2.27. The van der Waals surface area contributed by atoms with Crippen LogP contribution in [0.15, 0.2) is 18.7 Å². The number of esters is 1. The van der Waals surface area contributed by atoms with Gasteiger partial charge in [0.1, 0.15) is 11.3 Å². The highest BCUT2D eigenvalue weighted by Gasteiger charge is 2.15. The Morgan fingerprint density at radius 2 is 2.07 bits per heavy atom. The average Bonchev–Trinajstić information content (AvgIpc) is 2.26. The Hall–Kier alpha value is -1.77. The summed E-state index contributed by atoms with van der Waals surface area (Å²) in [6.45, 7) is 5.58. The maximum atomic E-state index is 11.5. The predicted molar refractivity (Wildman–Crippen MR) is 59.2 cm³/mol. The summed E-state index contributed by atoms with van der Waals surface area (Å²) in [6.07, 6.45) is 1.65. The van der Waals surface area contributed by atoms with E-state index in [0.29, 0.717) is 11.3 Å². The molecule has 1 rings (SSSR count). The first-order chi connectivity index (χ1) is 7.13. The molecule has 0 aliphatic heterocycles. The molecule has 0 fully saturated rings. The molecule has 3 nitrogen and oxygen atoms in total. The van der Waals surface area contributed by atoms with Gasteiger partial charge in [0.15, 0.2) is 0 Å². The quantitative estimate of drug-likeness (QED) is 0.712. The molecule has 80 valence electrons. The number of aryl methyl sites for hydroxylation is 1. The summed E-state index contributed by atoms with van der Waals surface area (Å²) in [5.74, 6) is 0.0982. The van der Waals surface area contributed by atoms with Crippen LogP contribution in [0.1, 0.15) is 21.5 Å². The molecule has 1 aromatic rings. The van der Waals surface area contributed by atoms with E-state index in [1.807, 2.05) is 13.0 Å². The summed E-state index contributed by atoms with van der Waals surface area (Å²) in [5, 5.41) is 0. The van der Waals surface area contributed by atoms with E-state index in [0.717, 1.165) is 11.1 Å². The third kappa shape index (κ3) is 2.18. The fraction of sp³-hybridized carbons (Fsp3) is 0.250. The van der Waals surface area contributed by atoms with E-state index in [2.05, 4.69) is 11.3 Å². The Morgan fingerprint density at radius 3 is 2.53 bits per heavy atom. The summed E-state index contributed by atoms with van der Waals surface area (Å²) in [6, 6.07) is 3.63. The van der Waals surface area contributed by atoms with Crippen LogP contribution in [0.5, 0.6) is 5.75 Å². The number of hydrogen-bond acceptors (Lipinski definition) is 3. The molecule has 0 saturated carbocycles. The second-order valence-corrected chi connectivity index (χ2v) is 3.13. The summed E-state index contributed by atoms with van der Waals surface area (Å²) in [7, 11) is 2.86. The maximum Gasteiger partial charge on any atom is 0.341 e. The van der Waals surface area contributed by atoms with E-state index in [-0.39, 0.29) is 0 Å². The van der Waals surface area contributed by atoms with Gasteiger partial charge in [0.05, 0.1) is 14.2 Å². The number of ether oxygens (including phenoxy) is 2. The standard InChI is InChI=1S/C12H14O3/c1-5-9-6-8(2)7-10(11(9)14-3)12(13)15-4/h5-7H,1H2,2-4H3. The Balaban J connectivity index is 3.41. The highest BCUT2D eigenvalue weighted by molar-refractivity contribution is 5.94. The molecule has 0 spiro atoms. The molecule has 1 aromatic carbocycles. The van der Waals surface area contributed by atoms with Gasteiger partial charge in [-0.1, -0.05) is 12.7 Å². The zero-order valence-corrected chi connectivity index (χ0v) is 9.16. The highest BCUT2D eigenvalue weighted by atomic mass is 16.5. The van der Waals surface area contributed by atoms with Crippen molar-refractivity contribution in [1.82, 2.24) is 0 Å². The summed E-state index contributed by atoms with van der Waals surface area (Å²) in [4.78, 5) is 11.5. The molecule has 3 heteroatoms. The minimum atomic E-state index is -0.404. The number of rotatable bonds is 3. The number of carbonyl (C=O) groups excluding carboxylic acids is 1. The lowest BCUT2D eigenvalue weighted by atomic mass is 10.0. The van der Waals surface area contributed by atoms with Crippen LogP contribution >= 0.6 is 0 Å². The van der Waals surface area contributed by atoms with Gasteiger partial charge in [0.25, 0.3) is 0 Å². The summed E-state index contributed by atoms with van der Waals surface area (Å²) in [5.41, 5.74) is 2.18. The second kappa shape index (κ2) is 4.64. The third-order valence-electron chi connectivity index (χ3n) is 2.09. The van der Waals surface area contributed by atoms with E-state index in [1.54, 1.807) is 12.1 Å². The molecule has 0 amide bonds. The first-order valence-corrected chi connectivity index (χ1v) is 4.53. The van der Waals surface area contributed by atoms with Crippen LogP contribution < -0.4 is 4.74 Å². The van der Waals surface area contributed by atoms with Gasteiger partial charge in [0, 0.05) is 5.56 Å². The van der Waals surface area contributed by atoms with Crippen molar-refractivity contribution >= 4 is 12.0 Å². The lowest BCUT2D eigenvalue weighted by Crippen LogP contribution is -2.05. The number of benzene rings is 1. The van der Waals surface area contributed by atoms with E-state index in [4.69, 9.17) is 4.74 Å². The van der Waals surface area contributed by atoms with Crippen LogP contribution in [-0.2, 0) is 4.74 Å². The predicted octanol–water partition coefficient (Wildman–Crippen LogP) is 2.43. The van der Waals surface area contributed by atoms with E-state index < -0.39 is 5.97 Å². The Labute approximate surface area is 89.3 Å². The van der Waals surface area contributed by atoms with Crippen molar-refractivity contribution in [1.29, 1.82) is 0 Å². The average molecular weight is 206 g/mol. The zero-order chi connectivity index (χ0) is 11.4. The molecular formula is C12H14O3. The first kappa shape index (κ1) is 11.3. The molecule has 0 bridgehead atoms. The van der Waals surface area contributed by atoms with Crippen LogP contribution in [-0.4, -0.2) is 20.2 Å². The number of methoxy groups -OCH3 is 2. The van der Waals surface area contributed by atoms with Crippen LogP contribution in [0.3, 0.4) is 0 Å². The van der Waals surface area contributed by atoms with Crippen LogP contribution in [0.25, 0.3) is 6.08 Å². The van der Waals surface area contributed by atoms with Gasteiger partial charge in [-0.3, -0.25) is 0 Å². The zero-order valence-electron chi connectivity index (χ0n) is 9.16.